The van der Waals surface area contributed by atoms with Gasteiger partial charge in [-0.05, 0) is 73.9 Å². The number of rotatable bonds is 4. The Bertz CT molecular complexity index is 1010. The zero-order valence-corrected chi connectivity index (χ0v) is 16.9. The second-order valence-electron chi connectivity index (χ2n) is 6.79. The maximum absolute atomic E-state index is 9.97. The molecule has 0 bridgehead atoms. The maximum Gasteiger partial charge on any atom is 0.141 e. The number of benzene rings is 3. The van der Waals surface area contributed by atoms with Crippen molar-refractivity contribution in [2.45, 2.75) is 25.7 Å². The summed E-state index contributed by atoms with van der Waals surface area (Å²) in [7, 11) is 0. The van der Waals surface area contributed by atoms with Crippen LogP contribution < -0.4 is 0 Å². The molecule has 142 valence electrons. The molecule has 3 rings (SSSR count). The van der Waals surface area contributed by atoms with Crippen molar-refractivity contribution < 1.29 is 10.2 Å². The lowest BCUT2D eigenvalue weighted by Gasteiger charge is -2.07. The highest BCUT2D eigenvalue weighted by Gasteiger charge is 2.06. The molecule has 28 heavy (non-hydrogen) atoms. The number of hydrogen-bond acceptors (Lipinski definition) is 5. The first-order valence-corrected chi connectivity index (χ1v) is 9.29. The van der Waals surface area contributed by atoms with Crippen molar-refractivity contribution in [3.8, 4) is 11.5 Å². The lowest BCUT2D eigenvalue weighted by Crippen LogP contribution is -1.93. The van der Waals surface area contributed by atoms with E-state index in [2.05, 4.69) is 22.6 Å². The van der Waals surface area contributed by atoms with Gasteiger partial charge < -0.3 is 10.2 Å². The van der Waals surface area contributed by atoms with Gasteiger partial charge in [0.05, 0.1) is 0 Å². The standard InChI is InChI=1S/C23H22N2O2S/c1-14-4-6-21(26)19(10-14)24-12-17-8-16(3)9-18(23(17)28)13-25-20-11-15(2)5-7-22(20)27/h4-13,26-28H,1-3H3. The highest BCUT2D eigenvalue weighted by atomic mass is 32.1. The smallest absolute Gasteiger partial charge is 0.141 e. The fourth-order valence-corrected chi connectivity index (χ4v) is 3.03. The molecule has 2 N–H and O–H groups in total. The molecule has 0 aliphatic carbocycles. The van der Waals surface area contributed by atoms with Gasteiger partial charge in [0, 0.05) is 28.5 Å². The van der Waals surface area contributed by atoms with E-state index in [-0.39, 0.29) is 11.5 Å². The van der Waals surface area contributed by atoms with Crippen LogP contribution in [0.3, 0.4) is 0 Å². The minimum absolute atomic E-state index is 0.131. The molecule has 0 spiro atoms. The van der Waals surface area contributed by atoms with Crippen molar-refractivity contribution in [1.82, 2.24) is 0 Å². The first-order chi connectivity index (χ1) is 13.3. The van der Waals surface area contributed by atoms with Gasteiger partial charge in [-0.2, -0.15) is 0 Å². The van der Waals surface area contributed by atoms with Crippen LogP contribution in [0.1, 0.15) is 27.8 Å². The molecule has 0 aliphatic heterocycles. The fourth-order valence-electron chi connectivity index (χ4n) is 2.78. The molecule has 3 aromatic carbocycles. The third kappa shape index (κ3) is 4.61. The zero-order valence-electron chi connectivity index (χ0n) is 16.0. The van der Waals surface area contributed by atoms with Crippen molar-refractivity contribution in [2.75, 3.05) is 0 Å². The topological polar surface area (TPSA) is 65.2 Å². The summed E-state index contributed by atoms with van der Waals surface area (Å²) >= 11 is 4.64. The molecule has 0 fully saturated rings. The Kier molecular flexibility index (Phi) is 5.85. The number of nitrogens with zero attached hydrogens (tertiary/aromatic N) is 2. The molecule has 0 saturated carbocycles. The monoisotopic (exact) mass is 390 g/mol. The third-order valence-electron chi connectivity index (χ3n) is 4.26. The summed E-state index contributed by atoms with van der Waals surface area (Å²) in [6.07, 6.45) is 3.37. The van der Waals surface area contributed by atoms with Crippen LogP contribution in [0.4, 0.5) is 11.4 Å². The van der Waals surface area contributed by atoms with E-state index in [0.29, 0.717) is 11.4 Å². The van der Waals surface area contributed by atoms with Crippen LogP contribution in [0.2, 0.25) is 0 Å². The predicted octanol–water partition coefficient (Wildman–Crippen LogP) is 5.81. The summed E-state index contributed by atoms with van der Waals surface area (Å²) in [5, 5.41) is 19.9. The van der Waals surface area contributed by atoms with Gasteiger partial charge in [-0.1, -0.05) is 12.1 Å². The number of aryl methyl sites for hydroxylation is 3. The largest absolute Gasteiger partial charge is 0.506 e. The second-order valence-corrected chi connectivity index (χ2v) is 7.24. The van der Waals surface area contributed by atoms with Gasteiger partial charge in [0.2, 0.25) is 0 Å². The molecule has 0 aromatic heterocycles. The van der Waals surface area contributed by atoms with Crippen LogP contribution in [0.5, 0.6) is 11.5 Å². The molecular formula is C23H22N2O2S. The Labute approximate surface area is 170 Å². The molecule has 3 aromatic rings. The van der Waals surface area contributed by atoms with Crippen LogP contribution in [0, 0.1) is 20.8 Å². The summed E-state index contributed by atoms with van der Waals surface area (Å²) < 4.78 is 0. The predicted molar refractivity (Wildman–Crippen MR) is 119 cm³/mol. The minimum Gasteiger partial charge on any atom is -0.506 e. The molecule has 0 heterocycles. The lowest BCUT2D eigenvalue weighted by molar-refractivity contribution is 0.476. The molecule has 0 atom stereocenters. The number of thiol groups is 1. The van der Waals surface area contributed by atoms with Crippen LogP contribution in [0.25, 0.3) is 0 Å². The highest BCUT2D eigenvalue weighted by Crippen LogP contribution is 2.29. The van der Waals surface area contributed by atoms with Crippen LogP contribution in [0.15, 0.2) is 63.4 Å². The van der Waals surface area contributed by atoms with E-state index in [1.165, 1.54) is 0 Å². The summed E-state index contributed by atoms with van der Waals surface area (Å²) in [5.41, 5.74) is 5.72. The van der Waals surface area contributed by atoms with Gasteiger partial charge in [-0.15, -0.1) is 12.6 Å². The van der Waals surface area contributed by atoms with Gasteiger partial charge in [0.15, 0.2) is 0 Å². The maximum atomic E-state index is 9.97. The van der Waals surface area contributed by atoms with Crippen molar-refractivity contribution in [3.63, 3.8) is 0 Å². The normalized spacial score (nSPS) is 11.6. The second kappa shape index (κ2) is 8.31. The molecule has 0 saturated heterocycles. The molecule has 0 amide bonds. The van der Waals surface area contributed by atoms with Crippen molar-refractivity contribution in [1.29, 1.82) is 0 Å². The SMILES string of the molecule is Cc1cc(C=Nc2cc(C)ccc2O)c(S)c(C=Nc2cc(C)ccc2O)c1. The Hall–Kier alpha value is -3.05. The van der Waals surface area contributed by atoms with Gasteiger partial charge in [-0.25, -0.2) is 0 Å². The minimum atomic E-state index is 0.131. The number of aliphatic imine (C=N–C) groups is 2. The van der Waals surface area contributed by atoms with Gasteiger partial charge in [0.1, 0.15) is 22.9 Å². The van der Waals surface area contributed by atoms with Crippen LogP contribution in [-0.4, -0.2) is 22.6 Å². The van der Waals surface area contributed by atoms with Crippen molar-refractivity contribution >= 4 is 36.4 Å². The molecule has 0 unspecified atom stereocenters. The van der Waals surface area contributed by atoms with E-state index in [0.717, 1.165) is 32.7 Å². The van der Waals surface area contributed by atoms with Gasteiger partial charge in [0.25, 0.3) is 0 Å². The molecule has 4 nitrogen and oxygen atoms in total. The Morgan fingerprint density at radius 1 is 0.679 bits per heavy atom. The van der Waals surface area contributed by atoms with Crippen LogP contribution >= 0.6 is 12.6 Å². The first kappa shape index (κ1) is 19.7. The highest BCUT2D eigenvalue weighted by molar-refractivity contribution is 7.80. The molecule has 0 aliphatic rings. The van der Waals surface area contributed by atoms with Crippen LogP contribution in [-0.2, 0) is 0 Å². The average Bonchev–Trinajstić information content (AvgIpc) is 2.65. The first-order valence-electron chi connectivity index (χ1n) is 8.84. The van der Waals surface area contributed by atoms with Crippen molar-refractivity contribution in [2.24, 2.45) is 9.98 Å². The fraction of sp³-hybridized carbons (Fsp3) is 0.130. The number of hydrogen-bond donors (Lipinski definition) is 3. The Balaban J connectivity index is 1.96. The van der Waals surface area contributed by atoms with Crippen molar-refractivity contribution in [3.05, 3.63) is 76.3 Å². The number of aromatic hydroxyl groups is 2. The van der Waals surface area contributed by atoms with E-state index in [1.54, 1.807) is 24.6 Å². The summed E-state index contributed by atoms with van der Waals surface area (Å²) in [6.45, 7) is 5.88. The number of phenols is 2. The average molecular weight is 391 g/mol. The Morgan fingerprint density at radius 3 is 1.54 bits per heavy atom. The van der Waals surface area contributed by atoms with Gasteiger partial charge in [-0.3, -0.25) is 9.98 Å². The van der Waals surface area contributed by atoms with E-state index in [1.807, 2.05) is 57.2 Å². The summed E-state index contributed by atoms with van der Waals surface area (Å²) in [6, 6.07) is 14.5. The van der Waals surface area contributed by atoms with E-state index in [9.17, 15) is 10.2 Å². The lowest BCUT2D eigenvalue weighted by atomic mass is 10.1. The molecular weight excluding hydrogens is 368 g/mol. The zero-order chi connectivity index (χ0) is 20.3. The number of phenolic OH excluding ortho intramolecular Hbond substituents is 2. The third-order valence-corrected chi connectivity index (χ3v) is 4.78. The summed E-state index contributed by atoms with van der Waals surface area (Å²) in [4.78, 5) is 9.55. The Morgan fingerprint density at radius 2 is 1.11 bits per heavy atom. The quantitative estimate of drug-likeness (QED) is 0.389. The van der Waals surface area contributed by atoms with E-state index >= 15 is 0 Å². The van der Waals surface area contributed by atoms with E-state index in [4.69, 9.17) is 0 Å². The molecule has 0 radical (unpaired) electrons. The molecule has 5 heteroatoms. The summed E-state index contributed by atoms with van der Waals surface area (Å²) in [5.74, 6) is 0.263. The van der Waals surface area contributed by atoms with E-state index < -0.39 is 0 Å². The van der Waals surface area contributed by atoms with Gasteiger partial charge >= 0.3 is 0 Å².